The van der Waals surface area contributed by atoms with Crippen LogP contribution >= 0.6 is 0 Å². The SMILES string of the molecule is [C-]#[N+]/C(C#N)=C1/c2cc(C#N)c(-c3ccc(C(F)(F)F)c(C#N)c3)cc2-c2cc(-c3ccc(C)c([N+]#[C-])c3)c([N+]#[C-])cc21. The zero-order valence-corrected chi connectivity index (χ0v) is 22.1. The summed E-state index contributed by atoms with van der Waals surface area (Å²) in [7, 11) is 0. The van der Waals surface area contributed by atoms with Gasteiger partial charge in [0.2, 0.25) is 0 Å². The average Bonchev–Trinajstić information content (AvgIpc) is 3.31. The van der Waals surface area contributed by atoms with E-state index in [1.54, 1.807) is 49.4 Å². The maximum atomic E-state index is 13.5. The second-order valence-corrected chi connectivity index (χ2v) is 9.51. The zero-order valence-electron chi connectivity index (χ0n) is 22.1. The van der Waals surface area contributed by atoms with E-state index < -0.39 is 17.3 Å². The second kappa shape index (κ2) is 10.4. The molecule has 1 aliphatic rings. The third-order valence-corrected chi connectivity index (χ3v) is 7.21. The van der Waals surface area contributed by atoms with E-state index in [9.17, 15) is 29.0 Å². The van der Waals surface area contributed by atoms with Crippen LogP contribution in [0.1, 0.15) is 33.4 Å². The highest BCUT2D eigenvalue weighted by atomic mass is 19.4. The first-order valence-electron chi connectivity index (χ1n) is 12.4. The van der Waals surface area contributed by atoms with Gasteiger partial charge in [-0.05, 0) is 87.8 Å². The Morgan fingerprint density at radius 2 is 1.28 bits per heavy atom. The number of halogens is 3. The molecular weight excluding hydrogens is 549 g/mol. The molecule has 200 valence electrons. The Morgan fingerprint density at radius 3 is 1.86 bits per heavy atom. The molecule has 0 bridgehead atoms. The van der Waals surface area contributed by atoms with Gasteiger partial charge in [0.15, 0.2) is 11.4 Å². The lowest BCUT2D eigenvalue weighted by Gasteiger charge is -2.13. The summed E-state index contributed by atoms with van der Waals surface area (Å²) < 4.78 is 40.4. The molecule has 4 aromatic rings. The van der Waals surface area contributed by atoms with E-state index in [4.69, 9.17) is 19.7 Å². The molecule has 0 radical (unpaired) electrons. The Morgan fingerprint density at radius 1 is 0.674 bits per heavy atom. The summed E-state index contributed by atoms with van der Waals surface area (Å²) in [6.45, 7) is 24.7. The minimum absolute atomic E-state index is 0.0563. The smallest absolute Gasteiger partial charge is 0.238 e. The van der Waals surface area contributed by atoms with Crippen LogP contribution < -0.4 is 0 Å². The molecule has 0 aliphatic heterocycles. The molecule has 1 aliphatic carbocycles. The van der Waals surface area contributed by atoms with Crippen molar-refractivity contribution < 1.29 is 13.2 Å². The molecule has 0 heterocycles. The van der Waals surface area contributed by atoms with Crippen molar-refractivity contribution in [1.82, 2.24) is 0 Å². The van der Waals surface area contributed by atoms with Crippen molar-refractivity contribution in [3.05, 3.63) is 134 Å². The van der Waals surface area contributed by atoms with Gasteiger partial charge in [-0.1, -0.05) is 24.3 Å². The first kappa shape index (κ1) is 27.9. The Bertz CT molecular complexity index is 2180. The summed E-state index contributed by atoms with van der Waals surface area (Å²) in [6.07, 6.45) is -4.74. The fourth-order valence-electron chi connectivity index (χ4n) is 5.19. The third-order valence-electron chi connectivity index (χ3n) is 7.21. The molecule has 0 atom stereocenters. The van der Waals surface area contributed by atoms with E-state index in [-0.39, 0.29) is 33.6 Å². The molecule has 5 rings (SSSR count). The number of fused-ring (bicyclic) bond motifs is 3. The van der Waals surface area contributed by atoms with Gasteiger partial charge in [0.05, 0.1) is 54.6 Å². The van der Waals surface area contributed by atoms with E-state index in [0.29, 0.717) is 39.1 Å². The van der Waals surface area contributed by atoms with E-state index in [2.05, 4.69) is 14.5 Å². The molecule has 0 aromatic heterocycles. The highest BCUT2D eigenvalue weighted by molar-refractivity contribution is 6.07. The van der Waals surface area contributed by atoms with E-state index in [0.717, 1.165) is 17.7 Å². The van der Waals surface area contributed by atoms with Crippen molar-refractivity contribution in [3.8, 4) is 51.6 Å². The summed E-state index contributed by atoms with van der Waals surface area (Å²) in [5, 5.41) is 29.2. The number of nitrogens with zero attached hydrogens (tertiary/aromatic N) is 6. The molecule has 0 saturated carbocycles. The predicted octanol–water partition coefficient (Wildman–Crippen LogP) is 9.38. The highest BCUT2D eigenvalue weighted by Gasteiger charge is 2.34. The number of alkyl halides is 3. The van der Waals surface area contributed by atoms with Crippen LogP contribution in [0.4, 0.5) is 24.5 Å². The van der Waals surface area contributed by atoms with Crippen molar-refractivity contribution in [1.29, 1.82) is 15.8 Å². The molecule has 0 N–H and O–H groups in total. The molecule has 6 nitrogen and oxygen atoms in total. The Balaban J connectivity index is 1.85. The lowest BCUT2D eigenvalue weighted by atomic mass is 9.91. The average molecular weight is 563 g/mol. The summed E-state index contributed by atoms with van der Waals surface area (Å²) >= 11 is 0. The Kier molecular flexibility index (Phi) is 6.74. The Hall–Kier alpha value is -6.65. The minimum Gasteiger partial charge on any atom is -0.238 e. The molecule has 0 fully saturated rings. The second-order valence-electron chi connectivity index (χ2n) is 9.51. The molecule has 0 amide bonds. The van der Waals surface area contributed by atoms with Crippen molar-refractivity contribution in [2.24, 2.45) is 0 Å². The predicted molar refractivity (Wildman–Crippen MR) is 153 cm³/mol. The maximum Gasteiger partial charge on any atom is 0.417 e. The molecule has 43 heavy (non-hydrogen) atoms. The van der Waals surface area contributed by atoms with Crippen LogP contribution in [-0.2, 0) is 6.18 Å². The molecule has 0 spiro atoms. The normalized spacial score (nSPS) is 12.3. The van der Waals surface area contributed by atoms with Gasteiger partial charge in [0.25, 0.3) is 5.70 Å². The topological polar surface area (TPSA) is 84.4 Å². The van der Waals surface area contributed by atoms with Crippen molar-refractivity contribution in [2.45, 2.75) is 13.1 Å². The molecule has 0 saturated heterocycles. The lowest BCUT2D eigenvalue weighted by Crippen LogP contribution is -2.07. The molecule has 9 heteroatoms. The fourth-order valence-corrected chi connectivity index (χ4v) is 5.19. The summed E-state index contributed by atoms with van der Waals surface area (Å²) in [4.78, 5) is 10.6. The van der Waals surface area contributed by atoms with Crippen LogP contribution in [-0.4, -0.2) is 0 Å². The van der Waals surface area contributed by atoms with Gasteiger partial charge in [-0.2, -0.15) is 23.7 Å². The molecular formula is C34H13F3N6. The highest BCUT2D eigenvalue weighted by Crippen LogP contribution is 2.51. The number of benzene rings is 4. The summed E-state index contributed by atoms with van der Waals surface area (Å²) in [6, 6.07) is 20.1. The number of hydrogen-bond donors (Lipinski definition) is 0. The van der Waals surface area contributed by atoms with Gasteiger partial charge in [0, 0.05) is 11.1 Å². The molecule has 0 unspecified atom stereocenters. The van der Waals surface area contributed by atoms with Gasteiger partial charge < -0.3 is 0 Å². The maximum absolute atomic E-state index is 13.5. The van der Waals surface area contributed by atoms with Gasteiger partial charge >= 0.3 is 6.18 Å². The summed E-state index contributed by atoms with van der Waals surface area (Å²) in [5.74, 6) is 0. The van der Waals surface area contributed by atoms with Crippen LogP contribution in [0.5, 0.6) is 0 Å². The van der Waals surface area contributed by atoms with Gasteiger partial charge in [-0.15, -0.1) is 0 Å². The number of rotatable bonds is 2. The standard InChI is InChI=1S/C34H13F3N6/c1-18-5-6-20(11-30(18)41-2)24-13-26-25-12-23(19-7-8-29(34(35,36)37)22(9-19)16-39)21(15-38)10-27(25)33(32(17-40)43-4)28(26)14-31(24)42-3/h5-14H,1H3/b33-32-. The van der Waals surface area contributed by atoms with E-state index in [1.807, 2.05) is 12.1 Å². The van der Waals surface area contributed by atoms with Crippen molar-refractivity contribution in [2.75, 3.05) is 0 Å². The number of allylic oxidation sites excluding steroid dienone is 1. The van der Waals surface area contributed by atoms with Crippen LogP contribution in [0.15, 0.2) is 66.4 Å². The molecule has 4 aromatic carbocycles. The fraction of sp³-hybridized carbons (Fsp3) is 0.0588. The third kappa shape index (κ3) is 4.51. The number of hydrogen-bond acceptors (Lipinski definition) is 3. The van der Waals surface area contributed by atoms with Gasteiger partial charge in [0.1, 0.15) is 0 Å². The minimum atomic E-state index is -4.74. The monoisotopic (exact) mass is 562 g/mol. The van der Waals surface area contributed by atoms with Gasteiger partial charge in [-0.25, -0.2) is 19.8 Å². The first-order chi connectivity index (χ1) is 20.6. The zero-order chi connectivity index (χ0) is 31.1. The van der Waals surface area contributed by atoms with Crippen molar-refractivity contribution >= 4 is 16.9 Å². The largest absolute Gasteiger partial charge is 0.417 e. The Labute approximate surface area is 244 Å². The van der Waals surface area contributed by atoms with E-state index in [1.165, 1.54) is 12.1 Å². The number of aryl methyl sites for hydroxylation is 1. The first-order valence-corrected chi connectivity index (χ1v) is 12.4. The van der Waals surface area contributed by atoms with Crippen LogP contribution in [0.25, 0.3) is 53.5 Å². The van der Waals surface area contributed by atoms with E-state index >= 15 is 0 Å². The van der Waals surface area contributed by atoms with Crippen LogP contribution in [0, 0.1) is 60.6 Å². The number of nitriles is 3. The van der Waals surface area contributed by atoms with Gasteiger partial charge in [-0.3, -0.25) is 0 Å². The van der Waals surface area contributed by atoms with Crippen LogP contribution in [0.2, 0.25) is 0 Å². The quantitative estimate of drug-likeness (QED) is 0.159. The van der Waals surface area contributed by atoms with Crippen LogP contribution in [0.3, 0.4) is 0 Å². The summed E-state index contributed by atoms with van der Waals surface area (Å²) in [5.41, 5.74) is 3.10. The van der Waals surface area contributed by atoms with Crippen molar-refractivity contribution in [3.63, 3.8) is 0 Å². The lowest BCUT2D eigenvalue weighted by molar-refractivity contribution is -0.137.